The number of pyridine rings is 3. The summed E-state index contributed by atoms with van der Waals surface area (Å²) in [6.07, 6.45) is 14.6. The minimum atomic E-state index is -0.510. The Bertz CT molecular complexity index is 2840. The van der Waals surface area contributed by atoms with Gasteiger partial charge in [-0.3, -0.25) is 34.1 Å². The summed E-state index contributed by atoms with van der Waals surface area (Å²) in [5.74, 6) is 8.72. The van der Waals surface area contributed by atoms with E-state index in [0.717, 1.165) is 172 Å². The van der Waals surface area contributed by atoms with Gasteiger partial charge in [-0.15, -0.1) is 21.5 Å². The van der Waals surface area contributed by atoms with Crippen molar-refractivity contribution in [2.45, 2.75) is 116 Å². The summed E-state index contributed by atoms with van der Waals surface area (Å²) in [5.41, 5.74) is 4.91. The molecule has 0 radical (unpaired) electrons. The Morgan fingerprint density at radius 3 is 2.51 bits per heavy atom. The van der Waals surface area contributed by atoms with Crippen LogP contribution in [0.4, 0.5) is 5.69 Å². The number of hydrogen-bond donors (Lipinski definition) is 2. The minimum Gasteiger partial charge on any atom is -0.373 e. The number of piperazine rings is 2. The SMILES string of the molecule is CCc1cc2ncc(CN3CCN(c4ccc(C(=O)N5CCN(CC67CCC(C(=O)NCC#Cc8nc(CN9CCCC9c9nnc%10n9CCCCC%10)sc8C)(CC6)CO7)CC5)nc4)CC3)cc2[nH]c1=O. The number of nitrogens with zero attached hydrogens (tertiary/aromatic N) is 11. The summed E-state index contributed by atoms with van der Waals surface area (Å²) in [4.78, 5) is 69.5. The van der Waals surface area contributed by atoms with Gasteiger partial charge in [0, 0.05) is 95.1 Å². The maximum atomic E-state index is 13.7. The Balaban J connectivity index is 0.599. The first-order valence-corrected chi connectivity index (χ1v) is 26.9. The highest BCUT2D eigenvalue weighted by molar-refractivity contribution is 7.11. The van der Waals surface area contributed by atoms with E-state index < -0.39 is 5.41 Å². The number of H-pyrrole nitrogens is 1. The fourth-order valence-electron chi connectivity index (χ4n) is 11.9. The molecular formula is C53H67N13O4S. The van der Waals surface area contributed by atoms with Crippen LogP contribution < -0.4 is 15.8 Å². The molecule has 6 aliphatic heterocycles. The van der Waals surface area contributed by atoms with Crippen molar-refractivity contribution in [3.8, 4) is 11.8 Å². The van der Waals surface area contributed by atoms with E-state index in [1.165, 1.54) is 19.3 Å². The molecule has 5 saturated heterocycles. The summed E-state index contributed by atoms with van der Waals surface area (Å²) in [5, 5.41) is 13.5. The molecule has 0 aromatic carbocycles. The van der Waals surface area contributed by atoms with E-state index in [4.69, 9.17) is 9.72 Å². The summed E-state index contributed by atoms with van der Waals surface area (Å²) in [7, 11) is 0. The van der Waals surface area contributed by atoms with E-state index in [1.807, 2.05) is 48.5 Å². The molecule has 0 spiro atoms. The van der Waals surface area contributed by atoms with Gasteiger partial charge in [0.25, 0.3) is 11.5 Å². The molecule has 1 unspecified atom stereocenters. The standard InChI is InChI=1S/C53H67N13O4S/c1-3-39-30-43-44(58-49(39)67)29-38(31-55-43)33-61-21-25-63(26-22-61)40-12-13-42(56-32-40)50(68)64-27-23-62(24-28-64)35-53-16-14-52(15-17-53,36-70-53)51(69)54-18-7-9-41-37(2)71-47(57-41)34-65-19-8-10-45(65)48-60-59-46-11-5-4-6-20-66(46)48/h12-13,29-32,45H,3-6,8,10-11,14-28,33-36H2,1-2H3,(H,54,69)(H,58,67). The number of amides is 2. The molecule has 2 amide bonds. The van der Waals surface area contributed by atoms with Crippen molar-refractivity contribution >= 4 is 39.9 Å². The highest BCUT2D eigenvalue weighted by Crippen LogP contribution is 2.49. The van der Waals surface area contributed by atoms with Crippen LogP contribution in [0.2, 0.25) is 0 Å². The zero-order valence-electron chi connectivity index (χ0n) is 41.4. The maximum absolute atomic E-state index is 13.7. The third-order valence-corrected chi connectivity index (χ3v) is 17.2. The van der Waals surface area contributed by atoms with E-state index in [9.17, 15) is 14.4 Å². The number of aromatic amines is 1. The zero-order chi connectivity index (χ0) is 48.5. The molecule has 18 heteroatoms. The van der Waals surface area contributed by atoms with Gasteiger partial charge in [0.05, 0.1) is 59.7 Å². The van der Waals surface area contributed by atoms with Crippen LogP contribution >= 0.6 is 11.3 Å². The van der Waals surface area contributed by atoms with Crippen LogP contribution in [0.1, 0.15) is 120 Å². The molecule has 17 nitrogen and oxygen atoms in total. The van der Waals surface area contributed by atoms with Gasteiger partial charge in [-0.05, 0) is 107 Å². The van der Waals surface area contributed by atoms with Gasteiger partial charge in [0.2, 0.25) is 5.91 Å². The number of fused-ring (bicyclic) bond motifs is 5. The predicted octanol–water partition coefficient (Wildman–Crippen LogP) is 4.88. The van der Waals surface area contributed by atoms with Crippen LogP contribution in [-0.4, -0.2) is 150 Å². The molecule has 5 aromatic heterocycles. The fraction of sp³-hybridized carbons (Fsp3) is 0.585. The Morgan fingerprint density at radius 2 is 1.73 bits per heavy atom. The lowest BCUT2D eigenvalue weighted by Crippen LogP contribution is -2.61. The molecule has 2 bridgehead atoms. The normalized spacial score (nSPS) is 24.2. The number of hydrogen-bond acceptors (Lipinski definition) is 14. The van der Waals surface area contributed by atoms with Crippen molar-refractivity contribution in [2.75, 3.05) is 83.5 Å². The Hall–Kier alpha value is -5.58. The van der Waals surface area contributed by atoms with Crippen LogP contribution in [0.3, 0.4) is 0 Å². The molecule has 71 heavy (non-hydrogen) atoms. The molecule has 1 aliphatic carbocycles. The lowest BCUT2D eigenvalue weighted by Gasteiger charge is -2.53. The second-order valence-electron chi connectivity index (χ2n) is 20.8. The van der Waals surface area contributed by atoms with Gasteiger partial charge >= 0.3 is 0 Å². The van der Waals surface area contributed by atoms with Crippen LogP contribution in [0, 0.1) is 24.2 Å². The lowest BCUT2D eigenvalue weighted by atomic mass is 9.65. The third-order valence-electron chi connectivity index (χ3n) is 16.3. The lowest BCUT2D eigenvalue weighted by molar-refractivity contribution is -0.196. The van der Waals surface area contributed by atoms with Crippen LogP contribution in [0.25, 0.3) is 11.0 Å². The molecule has 5 aromatic rings. The third kappa shape index (κ3) is 10.1. The van der Waals surface area contributed by atoms with E-state index in [2.05, 4.69) is 73.4 Å². The average Bonchev–Trinajstić information content (AvgIpc) is 4.08. The topological polar surface area (TPSA) is 174 Å². The number of anilines is 1. The van der Waals surface area contributed by atoms with Crippen molar-refractivity contribution in [3.63, 3.8) is 0 Å². The predicted molar refractivity (Wildman–Crippen MR) is 272 cm³/mol. The van der Waals surface area contributed by atoms with Gasteiger partial charge < -0.3 is 29.4 Å². The number of ether oxygens (including phenoxy) is 1. The molecule has 1 atom stereocenters. The molecule has 11 heterocycles. The zero-order valence-corrected chi connectivity index (χ0v) is 42.2. The number of aromatic nitrogens is 7. The fourth-order valence-corrected chi connectivity index (χ4v) is 12.8. The smallest absolute Gasteiger partial charge is 0.272 e. The summed E-state index contributed by atoms with van der Waals surface area (Å²) >= 11 is 1.71. The Morgan fingerprint density at radius 1 is 0.901 bits per heavy atom. The number of nitrogens with one attached hydrogen (secondary N) is 2. The molecule has 1 saturated carbocycles. The van der Waals surface area contributed by atoms with Crippen LogP contribution in [-0.2, 0) is 42.0 Å². The van der Waals surface area contributed by atoms with E-state index >= 15 is 0 Å². The summed E-state index contributed by atoms with van der Waals surface area (Å²) in [6.45, 7) is 15.5. The quantitative estimate of drug-likeness (QED) is 0.162. The van der Waals surface area contributed by atoms with Gasteiger partial charge in [0.15, 0.2) is 0 Å². The Labute approximate surface area is 419 Å². The number of carbonyl (C=O) groups is 2. The number of carbonyl (C=O) groups excluding carboxylic acids is 2. The average molecular weight is 982 g/mol. The molecule has 7 aliphatic rings. The van der Waals surface area contributed by atoms with Crippen molar-refractivity contribution in [3.05, 3.63) is 91.1 Å². The molecule has 374 valence electrons. The first kappa shape index (κ1) is 47.7. The van der Waals surface area contributed by atoms with E-state index in [1.54, 1.807) is 11.3 Å². The number of thiazole rings is 1. The first-order chi connectivity index (χ1) is 34.6. The number of likely N-dealkylation sites (tertiary alicyclic amines) is 1. The van der Waals surface area contributed by atoms with Crippen molar-refractivity contribution in [2.24, 2.45) is 5.41 Å². The number of aryl methyl sites for hydroxylation is 3. The van der Waals surface area contributed by atoms with Crippen molar-refractivity contribution < 1.29 is 14.3 Å². The number of rotatable bonds is 12. The van der Waals surface area contributed by atoms with Crippen LogP contribution in [0.15, 0.2) is 41.5 Å². The highest BCUT2D eigenvalue weighted by atomic mass is 32.1. The van der Waals surface area contributed by atoms with Gasteiger partial charge in [-0.2, -0.15) is 0 Å². The summed E-state index contributed by atoms with van der Waals surface area (Å²) < 4.78 is 8.98. The Kier molecular flexibility index (Phi) is 13.8. The second-order valence-corrected chi connectivity index (χ2v) is 22.1. The second kappa shape index (κ2) is 20.5. The minimum absolute atomic E-state index is 0.0302. The highest BCUT2D eigenvalue weighted by Gasteiger charge is 2.54. The molecule has 2 N–H and O–H groups in total. The van der Waals surface area contributed by atoms with Crippen molar-refractivity contribution in [1.82, 2.24) is 59.6 Å². The van der Waals surface area contributed by atoms with Gasteiger partial charge in [-0.25, -0.2) is 9.97 Å². The summed E-state index contributed by atoms with van der Waals surface area (Å²) in [6, 6.07) is 8.08. The van der Waals surface area contributed by atoms with Crippen molar-refractivity contribution in [1.29, 1.82) is 0 Å². The largest absolute Gasteiger partial charge is 0.373 e. The monoisotopic (exact) mass is 982 g/mol. The van der Waals surface area contributed by atoms with Gasteiger partial charge in [-0.1, -0.05) is 19.3 Å². The maximum Gasteiger partial charge on any atom is 0.272 e. The van der Waals surface area contributed by atoms with E-state index in [0.29, 0.717) is 31.8 Å². The molecular weight excluding hydrogens is 915 g/mol. The molecule has 12 rings (SSSR count). The first-order valence-electron chi connectivity index (χ1n) is 26.1. The van der Waals surface area contributed by atoms with E-state index in [-0.39, 0.29) is 35.6 Å². The van der Waals surface area contributed by atoms with Crippen LogP contribution in [0.5, 0.6) is 0 Å². The van der Waals surface area contributed by atoms with Gasteiger partial charge in [0.1, 0.15) is 28.0 Å². The molecule has 6 fully saturated rings.